The van der Waals surface area contributed by atoms with Gasteiger partial charge in [0.2, 0.25) is 5.91 Å². The van der Waals surface area contributed by atoms with Gasteiger partial charge in [-0.1, -0.05) is 31.4 Å². The van der Waals surface area contributed by atoms with Gasteiger partial charge in [-0.05, 0) is 37.5 Å². The first-order chi connectivity index (χ1) is 10.0. The van der Waals surface area contributed by atoms with Crippen LogP contribution in [0.5, 0.6) is 0 Å². The van der Waals surface area contributed by atoms with Crippen molar-refractivity contribution in [3.05, 3.63) is 29.8 Å². The molecule has 1 unspecified atom stereocenters. The number of hydrogen-bond donors (Lipinski definition) is 2. The van der Waals surface area contributed by atoms with E-state index in [0.717, 1.165) is 43.4 Å². The Labute approximate surface area is 126 Å². The third-order valence-electron chi connectivity index (χ3n) is 4.27. The zero-order chi connectivity index (χ0) is 15.3. The molecule has 116 valence electrons. The molecule has 0 saturated heterocycles. The molecule has 2 N–H and O–H groups in total. The van der Waals surface area contributed by atoms with Crippen LogP contribution in [-0.2, 0) is 9.53 Å². The minimum Gasteiger partial charge on any atom is -0.389 e. The van der Waals surface area contributed by atoms with Crippen molar-refractivity contribution in [2.45, 2.75) is 57.2 Å². The highest BCUT2D eigenvalue weighted by molar-refractivity contribution is 5.91. The van der Waals surface area contributed by atoms with Crippen LogP contribution < -0.4 is 5.32 Å². The number of anilines is 1. The smallest absolute Gasteiger partial charge is 0.227 e. The van der Waals surface area contributed by atoms with Crippen LogP contribution in [0.25, 0.3) is 0 Å². The maximum Gasteiger partial charge on any atom is 0.227 e. The molecule has 1 aromatic carbocycles. The van der Waals surface area contributed by atoms with E-state index in [1.807, 2.05) is 31.2 Å². The lowest BCUT2D eigenvalue weighted by atomic mass is 9.82. The van der Waals surface area contributed by atoms with E-state index in [0.29, 0.717) is 0 Å². The van der Waals surface area contributed by atoms with E-state index >= 15 is 0 Å². The molecule has 1 saturated carbocycles. The highest BCUT2D eigenvalue weighted by Crippen LogP contribution is 2.31. The average molecular weight is 291 g/mol. The molecule has 1 amide bonds. The maximum atomic E-state index is 12.1. The third kappa shape index (κ3) is 4.55. The molecule has 0 aromatic heterocycles. The summed E-state index contributed by atoms with van der Waals surface area (Å²) in [5.41, 5.74) is 0.951. The Morgan fingerprint density at radius 3 is 2.76 bits per heavy atom. The largest absolute Gasteiger partial charge is 0.389 e. The van der Waals surface area contributed by atoms with Crippen LogP contribution in [0.15, 0.2) is 24.3 Å². The second-order valence-electron chi connectivity index (χ2n) is 6.01. The summed E-state index contributed by atoms with van der Waals surface area (Å²) in [6, 6.07) is 7.64. The molecule has 0 heterocycles. The molecule has 2 rings (SSSR count). The van der Waals surface area contributed by atoms with Crippen LogP contribution in [0, 0.1) is 0 Å². The molecule has 4 heteroatoms. The Morgan fingerprint density at radius 2 is 2.10 bits per heavy atom. The Bertz CT molecular complexity index is 481. The van der Waals surface area contributed by atoms with Crippen molar-refractivity contribution in [2.75, 3.05) is 12.4 Å². The number of nitrogens with one attached hydrogen (secondary N) is 1. The first-order valence-corrected chi connectivity index (χ1v) is 7.67. The van der Waals surface area contributed by atoms with Crippen LogP contribution in [0.1, 0.15) is 57.1 Å². The van der Waals surface area contributed by atoms with E-state index in [4.69, 9.17) is 4.74 Å². The number of carbonyl (C=O) groups excluding carboxylic acids is 1. The van der Waals surface area contributed by atoms with Crippen LogP contribution in [0.3, 0.4) is 0 Å². The van der Waals surface area contributed by atoms with Gasteiger partial charge in [-0.2, -0.15) is 0 Å². The number of methoxy groups -OCH3 is 1. The number of ether oxygens (including phenoxy) is 1. The van der Waals surface area contributed by atoms with E-state index in [-0.39, 0.29) is 18.4 Å². The molecule has 1 atom stereocenters. The fraction of sp³-hybridized carbons (Fsp3) is 0.588. The summed E-state index contributed by atoms with van der Waals surface area (Å²) in [5.74, 6) is -0.124. The zero-order valence-corrected chi connectivity index (χ0v) is 12.9. The first kappa shape index (κ1) is 16.0. The minimum atomic E-state index is -0.820. The summed E-state index contributed by atoms with van der Waals surface area (Å²) in [6.07, 6.45) is 4.78. The van der Waals surface area contributed by atoms with Crippen molar-refractivity contribution < 1.29 is 14.6 Å². The Balaban J connectivity index is 1.96. The fourth-order valence-corrected chi connectivity index (χ4v) is 2.90. The maximum absolute atomic E-state index is 12.1. The van der Waals surface area contributed by atoms with Crippen molar-refractivity contribution in [3.8, 4) is 0 Å². The molecular formula is C17H25NO3. The quantitative estimate of drug-likeness (QED) is 0.874. The number of rotatable bonds is 5. The SMILES string of the molecule is COC(C)c1cccc(NC(=O)CC2(O)CCCCC2)c1. The van der Waals surface area contributed by atoms with Crippen molar-refractivity contribution in [3.63, 3.8) is 0 Å². The van der Waals surface area contributed by atoms with Gasteiger partial charge in [0.25, 0.3) is 0 Å². The van der Waals surface area contributed by atoms with Gasteiger partial charge in [-0.15, -0.1) is 0 Å². The highest BCUT2D eigenvalue weighted by atomic mass is 16.5. The van der Waals surface area contributed by atoms with Gasteiger partial charge < -0.3 is 15.2 Å². The predicted molar refractivity (Wildman–Crippen MR) is 83.1 cm³/mol. The monoisotopic (exact) mass is 291 g/mol. The number of hydrogen-bond acceptors (Lipinski definition) is 3. The van der Waals surface area contributed by atoms with Gasteiger partial charge in [0.1, 0.15) is 0 Å². The average Bonchev–Trinajstić information content (AvgIpc) is 2.46. The third-order valence-corrected chi connectivity index (χ3v) is 4.27. The normalized spacial score (nSPS) is 19.0. The van der Waals surface area contributed by atoms with Crippen LogP contribution in [-0.4, -0.2) is 23.7 Å². The summed E-state index contributed by atoms with van der Waals surface area (Å²) < 4.78 is 5.28. The van der Waals surface area contributed by atoms with E-state index in [2.05, 4.69) is 5.32 Å². The van der Waals surface area contributed by atoms with Gasteiger partial charge >= 0.3 is 0 Å². The fourth-order valence-electron chi connectivity index (χ4n) is 2.90. The van der Waals surface area contributed by atoms with Crippen molar-refractivity contribution in [2.24, 2.45) is 0 Å². The number of benzene rings is 1. The van der Waals surface area contributed by atoms with Crippen molar-refractivity contribution >= 4 is 11.6 Å². The minimum absolute atomic E-state index is 0.00983. The van der Waals surface area contributed by atoms with Gasteiger partial charge in [0.05, 0.1) is 18.1 Å². The number of aliphatic hydroxyl groups is 1. The van der Waals surface area contributed by atoms with Gasteiger partial charge in [-0.25, -0.2) is 0 Å². The van der Waals surface area contributed by atoms with Crippen LogP contribution in [0.4, 0.5) is 5.69 Å². The van der Waals surface area contributed by atoms with E-state index in [1.54, 1.807) is 7.11 Å². The molecule has 1 aliphatic rings. The van der Waals surface area contributed by atoms with Crippen LogP contribution in [0.2, 0.25) is 0 Å². The summed E-state index contributed by atoms with van der Waals surface area (Å²) in [7, 11) is 1.66. The predicted octanol–water partition coefficient (Wildman–Crippen LogP) is 3.42. The summed E-state index contributed by atoms with van der Waals surface area (Å²) in [6.45, 7) is 1.96. The molecule has 1 fully saturated rings. The molecule has 0 spiro atoms. The first-order valence-electron chi connectivity index (χ1n) is 7.67. The molecule has 0 radical (unpaired) electrons. The Kier molecular flexibility index (Phi) is 5.37. The van der Waals surface area contributed by atoms with E-state index < -0.39 is 5.60 Å². The summed E-state index contributed by atoms with van der Waals surface area (Å²) in [4.78, 5) is 12.1. The molecule has 4 nitrogen and oxygen atoms in total. The topological polar surface area (TPSA) is 58.6 Å². The zero-order valence-electron chi connectivity index (χ0n) is 12.9. The van der Waals surface area contributed by atoms with Crippen molar-refractivity contribution in [1.82, 2.24) is 0 Å². The number of carbonyl (C=O) groups is 1. The second kappa shape index (κ2) is 7.05. The van der Waals surface area contributed by atoms with Gasteiger partial charge in [-0.3, -0.25) is 4.79 Å². The summed E-state index contributed by atoms with van der Waals surface area (Å²) in [5, 5.41) is 13.3. The lowest BCUT2D eigenvalue weighted by molar-refractivity contribution is -0.122. The van der Waals surface area contributed by atoms with Gasteiger partial charge in [0, 0.05) is 12.8 Å². The molecule has 21 heavy (non-hydrogen) atoms. The highest BCUT2D eigenvalue weighted by Gasteiger charge is 2.31. The lowest BCUT2D eigenvalue weighted by Crippen LogP contribution is -2.35. The molecule has 0 bridgehead atoms. The second-order valence-corrected chi connectivity index (χ2v) is 6.01. The van der Waals surface area contributed by atoms with E-state index in [9.17, 15) is 9.90 Å². The standard InChI is InChI=1S/C17H25NO3/c1-13(21-2)14-7-6-8-15(11-14)18-16(19)12-17(20)9-4-3-5-10-17/h6-8,11,13,20H,3-5,9-10,12H2,1-2H3,(H,18,19). The van der Waals surface area contributed by atoms with Gasteiger partial charge in [0.15, 0.2) is 0 Å². The lowest BCUT2D eigenvalue weighted by Gasteiger charge is -2.31. The number of amides is 1. The van der Waals surface area contributed by atoms with Crippen LogP contribution >= 0.6 is 0 Å². The summed E-state index contributed by atoms with van der Waals surface area (Å²) >= 11 is 0. The molecular weight excluding hydrogens is 266 g/mol. The molecule has 1 aromatic rings. The Hall–Kier alpha value is -1.39. The Morgan fingerprint density at radius 1 is 1.38 bits per heavy atom. The van der Waals surface area contributed by atoms with Crippen molar-refractivity contribution in [1.29, 1.82) is 0 Å². The molecule has 0 aliphatic heterocycles. The molecule has 1 aliphatic carbocycles. The van der Waals surface area contributed by atoms with E-state index in [1.165, 1.54) is 0 Å².